The summed E-state index contributed by atoms with van der Waals surface area (Å²) >= 11 is 0. The predicted octanol–water partition coefficient (Wildman–Crippen LogP) is 2.46. The molecule has 0 atom stereocenters. The van der Waals surface area contributed by atoms with Gasteiger partial charge in [0.25, 0.3) is 0 Å². The maximum Gasteiger partial charge on any atom is 0.150 e. The summed E-state index contributed by atoms with van der Waals surface area (Å²) < 4.78 is 7.20. The van der Waals surface area contributed by atoms with Crippen molar-refractivity contribution in [3.63, 3.8) is 0 Å². The van der Waals surface area contributed by atoms with E-state index in [1.165, 1.54) is 16.5 Å². The molecule has 1 N–H and O–H groups in total. The van der Waals surface area contributed by atoms with Gasteiger partial charge in [-0.3, -0.25) is 0 Å². The molecule has 0 bridgehead atoms. The lowest BCUT2D eigenvalue weighted by Gasteiger charge is -2.00. The quantitative estimate of drug-likeness (QED) is 0.763. The summed E-state index contributed by atoms with van der Waals surface area (Å²) in [5.41, 5.74) is 2.56. The Morgan fingerprint density at radius 3 is 2.94 bits per heavy atom. The molecule has 3 aromatic rings. The van der Waals surface area contributed by atoms with E-state index in [0.717, 1.165) is 12.3 Å². The molecular formula is C14H15N3O. The van der Waals surface area contributed by atoms with Crippen LogP contribution < -0.4 is 5.32 Å². The molecule has 0 aliphatic heterocycles. The molecule has 3 rings (SSSR count). The minimum atomic E-state index is 0.698. The molecule has 18 heavy (non-hydrogen) atoms. The van der Waals surface area contributed by atoms with Crippen LogP contribution in [-0.2, 0) is 20.1 Å². The second-order valence-corrected chi connectivity index (χ2v) is 4.36. The number of hydrogen-bond acceptors (Lipinski definition) is 3. The number of hydrogen-bond donors (Lipinski definition) is 1. The zero-order valence-corrected chi connectivity index (χ0v) is 10.3. The van der Waals surface area contributed by atoms with Gasteiger partial charge < -0.3 is 14.4 Å². The van der Waals surface area contributed by atoms with Crippen LogP contribution in [0.3, 0.4) is 0 Å². The van der Waals surface area contributed by atoms with E-state index in [4.69, 9.17) is 4.52 Å². The summed E-state index contributed by atoms with van der Waals surface area (Å²) in [6.07, 6.45) is 3.83. The summed E-state index contributed by atoms with van der Waals surface area (Å²) in [6, 6.07) is 10.3. The van der Waals surface area contributed by atoms with Crippen molar-refractivity contribution >= 4 is 10.9 Å². The van der Waals surface area contributed by atoms with Gasteiger partial charge in [-0.2, -0.15) is 0 Å². The summed E-state index contributed by atoms with van der Waals surface area (Å²) in [4.78, 5) is 0. The minimum absolute atomic E-state index is 0.698. The highest BCUT2D eigenvalue weighted by Crippen LogP contribution is 2.19. The van der Waals surface area contributed by atoms with Gasteiger partial charge in [0, 0.05) is 36.8 Å². The summed E-state index contributed by atoms with van der Waals surface area (Å²) in [5, 5.41) is 8.34. The molecule has 92 valence electrons. The SMILES string of the molecule is Cn1cc(CNCc2ccno2)c2ccccc21. The average Bonchev–Trinajstić information content (AvgIpc) is 3.00. The summed E-state index contributed by atoms with van der Waals surface area (Å²) in [7, 11) is 2.07. The van der Waals surface area contributed by atoms with Crippen LogP contribution in [0.1, 0.15) is 11.3 Å². The van der Waals surface area contributed by atoms with E-state index in [0.29, 0.717) is 6.54 Å². The lowest BCUT2D eigenvalue weighted by atomic mass is 10.2. The molecule has 0 amide bonds. The fourth-order valence-corrected chi connectivity index (χ4v) is 2.22. The first-order valence-electron chi connectivity index (χ1n) is 5.98. The fraction of sp³-hybridized carbons (Fsp3) is 0.214. The van der Waals surface area contributed by atoms with Gasteiger partial charge in [-0.05, 0) is 11.6 Å². The smallest absolute Gasteiger partial charge is 0.150 e. The molecular weight excluding hydrogens is 226 g/mol. The first-order valence-corrected chi connectivity index (χ1v) is 5.98. The lowest BCUT2D eigenvalue weighted by Crippen LogP contribution is -2.11. The highest BCUT2D eigenvalue weighted by molar-refractivity contribution is 5.83. The Morgan fingerprint density at radius 1 is 1.22 bits per heavy atom. The largest absolute Gasteiger partial charge is 0.360 e. The standard InChI is InChI=1S/C14H15N3O/c1-17-10-11(13-4-2-3-5-14(13)17)8-15-9-12-6-7-16-18-12/h2-7,10,15H,8-9H2,1H3. The van der Waals surface area contributed by atoms with Crippen LogP contribution in [-0.4, -0.2) is 9.72 Å². The van der Waals surface area contributed by atoms with E-state index in [2.05, 4.69) is 52.6 Å². The van der Waals surface area contributed by atoms with E-state index in [1.807, 2.05) is 6.07 Å². The minimum Gasteiger partial charge on any atom is -0.360 e. The molecule has 0 saturated heterocycles. The normalized spacial score (nSPS) is 11.2. The molecule has 2 aromatic heterocycles. The molecule has 0 radical (unpaired) electrons. The predicted molar refractivity (Wildman–Crippen MR) is 70.0 cm³/mol. The number of nitrogens with zero attached hydrogens (tertiary/aromatic N) is 2. The molecule has 2 heterocycles. The molecule has 0 fully saturated rings. The van der Waals surface area contributed by atoms with Crippen LogP contribution in [0, 0.1) is 0 Å². The van der Waals surface area contributed by atoms with Crippen molar-refractivity contribution in [3.05, 3.63) is 54.0 Å². The fourth-order valence-electron chi connectivity index (χ4n) is 2.22. The molecule has 0 spiro atoms. The first-order chi connectivity index (χ1) is 8.84. The maximum absolute atomic E-state index is 5.05. The number of fused-ring (bicyclic) bond motifs is 1. The molecule has 4 heteroatoms. The van der Waals surface area contributed by atoms with Crippen molar-refractivity contribution in [2.45, 2.75) is 13.1 Å². The van der Waals surface area contributed by atoms with Crippen LogP contribution in [0.4, 0.5) is 0 Å². The third kappa shape index (κ3) is 2.02. The average molecular weight is 241 g/mol. The number of aryl methyl sites for hydroxylation is 1. The van der Waals surface area contributed by atoms with Crippen LogP contribution in [0.25, 0.3) is 10.9 Å². The van der Waals surface area contributed by atoms with Crippen molar-refractivity contribution in [1.29, 1.82) is 0 Å². The Morgan fingerprint density at radius 2 is 2.11 bits per heavy atom. The van der Waals surface area contributed by atoms with Gasteiger partial charge in [-0.1, -0.05) is 23.4 Å². The number of nitrogens with one attached hydrogen (secondary N) is 1. The Hall–Kier alpha value is -2.07. The van der Waals surface area contributed by atoms with Gasteiger partial charge >= 0.3 is 0 Å². The van der Waals surface area contributed by atoms with E-state index in [9.17, 15) is 0 Å². The molecule has 1 aromatic carbocycles. The zero-order chi connectivity index (χ0) is 12.4. The van der Waals surface area contributed by atoms with Crippen molar-refractivity contribution in [3.8, 4) is 0 Å². The van der Waals surface area contributed by atoms with Gasteiger partial charge in [0.2, 0.25) is 0 Å². The van der Waals surface area contributed by atoms with Gasteiger partial charge in [-0.15, -0.1) is 0 Å². The Balaban J connectivity index is 1.75. The van der Waals surface area contributed by atoms with Crippen LogP contribution in [0.2, 0.25) is 0 Å². The van der Waals surface area contributed by atoms with Gasteiger partial charge in [0.1, 0.15) is 5.76 Å². The monoisotopic (exact) mass is 241 g/mol. The molecule has 0 saturated carbocycles. The lowest BCUT2D eigenvalue weighted by molar-refractivity contribution is 0.373. The third-order valence-corrected chi connectivity index (χ3v) is 3.09. The molecule has 0 aliphatic carbocycles. The van der Waals surface area contributed by atoms with Crippen LogP contribution in [0.5, 0.6) is 0 Å². The van der Waals surface area contributed by atoms with Crippen molar-refractivity contribution < 1.29 is 4.52 Å². The maximum atomic E-state index is 5.05. The van der Waals surface area contributed by atoms with E-state index >= 15 is 0 Å². The third-order valence-electron chi connectivity index (χ3n) is 3.09. The highest BCUT2D eigenvalue weighted by Gasteiger charge is 2.05. The van der Waals surface area contributed by atoms with Crippen molar-refractivity contribution in [2.75, 3.05) is 0 Å². The van der Waals surface area contributed by atoms with Crippen LogP contribution in [0.15, 0.2) is 47.2 Å². The van der Waals surface area contributed by atoms with Gasteiger partial charge in [-0.25, -0.2) is 0 Å². The molecule has 0 aliphatic rings. The number of rotatable bonds is 4. The van der Waals surface area contributed by atoms with Crippen molar-refractivity contribution in [1.82, 2.24) is 15.0 Å². The number of para-hydroxylation sites is 1. The van der Waals surface area contributed by atoms with E-state index < -0.39 is 0 Å². The van der Waals surface area contributed by atoms with E-state index in [-0.39, 0.29) is 0 Å². The summed E-state index contributed by atoms with van der Waals surface area (Å²) in [6.45, 7) is 1.52. The first kappa shape index (κ1) is 11.0. The molecule has 0 unspecified atom stereocenters. The van der Waals surface area contributed by atoms with Gasteiger partial charge in [0.15, 0.2) is 0 Å². The topological polar surface area (TPSA) is 43.0 Å². The second kappa shape index (κ2) is 4.66. The number of benzene rings is 1. The second-order valence-electron chi connectivity index (χ2n) is 4.36. The Bertz CT molecular complexity index is 640. The summed E-state index contributed by atoms with van der Waals surface area (Å²) in [5.74, 6) is 0.857. The number of aromatic nitrogens is 2. The van der Waals surface area contributed by atoms with E-state index in [1.54, 1.807) is 6.20 Å². The molecule has 4 nitrogen and oxygen atoms in total. The van der Waals surface area contributed by atoms with Crippen LogP contribution >= 0.6 is 0 Å². The highest BCUT2D eigenvalue weighted by atomic mass is 16.5. The van der Waals surface area contributed by atoms with Crippen molar-refractivity contribution in [2.24, 2.45) is 7.05 Å². The Labute approximate surface area is 105 Å². The Kier molecular flexibility index (Phi) is 2.86. The van der Waals surface area contributed by atoms with Gasteiger partial charge in [0.05, 0.1) is 12.7 Å². The zero-order valence-electron chi connectivity index (χ0n) is 10.3.